The number of carbonyl (C=O) groups excluding carboxylic acids is 1. The molecule has 4 aromatic rings. The molecule has 2 heterocycles. The minimum atomic E-state index is -4.49. The molecular weight excluding hydrogens is 531 g/mol. The van der Waals surface area contributed by atoms with Crippen molar-refractivity contribution in [2.45, 2.75) is 13.1 Å². The minimum absolute atomic E-state index is 0.0104. The molecule has 9 nitrogen and oxygen atoms in total. The molecule has 14 heteroatoms. The Bertz CT molecular complexity index is 1560. The zero-order valence-electron chi connectivity index (χ0n) is 19.5. The van der Waals surface area contributed by atoms with E-state index in [1.165, 1.54) is 36.5 Å². The third kappa shape index (κ3) is 6.92. The maximum atomic E-state index is 13.0. The Morgan fingerprint density at radius 2 is 1.81 bits per heavy atom. The van der Waals surface area contributed by atoms with E-state index in [1.54, 1.807) is 18.2 Å². The number of ether oxygens (including phenoxy) is 1. The highest BCUT2D eigenvalue weighted by molar-refractivity contribution is 7.90. The lowest BCUT2D eigenvalue weighted by Crippen LogP contribution is -2.15. The number of amides is 1. The van der Waals surface area contributed by atoms with Crippen LogP contribution in [0.2, 0.25) is 0 Å². The Morgan fingerprint density at radius 3 is 2.46 bits per heavy atom. The Hall–Kier alpha value is -3.78. The third-order valence-corrected chi connectivity index (χ3v) is 6.73. The SMILES string of the molecule is CC(=O)Nc1nc2c(Oc3cc(-c4ccc(C(F)(F)F)cc4)nc(NCCS(C)(=O)=O)n3)cccc2s1. The third-order valence-electron chi connectivity index (χ3n) is 4.85. The number of anilines is 2. The molecular formula is C23H20F3N5O4S2. The highest BCUT2D eigenvalue weighted by Gasteiger charge is 2.30. The number of carbonyl (C=O) groups is 1. The average molecular weight is 552 g/mol. The molecule has 1 amide bonds. The van der Waals surface area contributed by atoms with Crippen LogP contribution < -0.4 is 15.4 Å². The van der Waals surface area contributed by atoms with Crippen molar-refractivity contribution < 1.29 is 31.1 Å². The summed E-state index contributed by atoms with van der Waals surface area (Å²) in [5.41, 5.74) is 0.284. The zero-order valence-corrected chi connectivity index (χ0v) is 21.1. The van der Waals surface area contributed by atoms with Gasteiger partial charge in [-0.05, 0) is 24.3 Å². The standard InChI is InChI=1S/C23H20F3N5O4S2/c1-13(32)28-22-31-20-17(4-3-5-18(20)36-22)35-19-12-16(14-6-8-15(9-7-14)23(24,25)26)29-21(30-19)27-10-11-37(2,33)34/h3-9,12H,10-11H2,1-2H3,(H,27,29,30)(H,28,31,32). The van der Waals surface area contributed by atoms with Crippen molar-refractivity contribution in [2.75, 3.05) is 29.2 Å². The summed E-state index contributed by atoms with van der Waals surface area (Å²) in [6, 6.07) is 11.1. The van der Waals surface area contributed by atoms with Gasteiger partial charge in [0.1, 0.15) is 15.4 Å². The normalized spacial score (nSPS) is 11.9. The van der Waals surface area contributed by atoms with E-state index < -0.39 is 21.6 Å². The lowest BCUT2D eigenvalue weighted by Gasteiger charge is -2.12. The first kappa shape index (κ1) is 26.3. The van der Waals surface area contributed by atoms with E-state index in [-0.39, 0.29) is 35.7 Å². The molecule has 0 atom stereocenters. The summed E-state index contributed by atoms with van der Waals surface area (Å²) in [5.74, 6) is -0.0530. The summed E-state index contributed by atoms with van der Waals surface area (Å²) < 4.78 is 68.7. The van der Waals surface area contributed by atoms with Crippen LogP contribution in [-0.2, 0) is 20.8 Å². The van der Waals surface area contributed by atoms with E-state index >= 15 is 0 Å². The number of rotatable bonds is 8. The molecule has 2 aromatic carbocycles. The molecule has 2 N–H and O–H groups in total. The molecule has 4 rings (SSSR count). The number of aromatic nitrogens is 3. The number of benzene rings is 2. The van der Waals surface area contributed by atoms with Crippen LogP contribution in [0.5, 0.6) is 11.6 Å². The summed E-state index contributed by atoms with van der Waals surface area (Å²) in [6.45, 7) is 1.38. The lowest BCUT2D eigenvalue weighted by atomic mass is 10.1. The molecule has 0 aliphatic rings. The van der Waals surface area contributed by atoms with Crippen molar-refractivity contribution >= 4 is 48.4 Å². The van der Waals surface area contributed by atoms with Crippen LogP contribution in [0.25, 0.3) is 21.5 Å². The van der Waals surface area contributed by atoms with E-state index in [9.17, 15) is 26.4 Å². The summed E-state index contributed by atoms with van der Waals surface area (Å²) in [7, 11) is -3.26. The van der Waals surface area contributed by atoms with Gasteiger partial charge in [-0.1, -0.05) is 29.5 Å². The van der Waals surface area contributed by atoms with Gasteiger partial charge in [-0.3, -0.25) is 4.79 Å². The molecule has 0 aliphatic carbocycles. The van der Waals surface area contributed by atoms with E-state index in [0.29, 0.717) is 22.0 Å². The second kappa shape index (κ2) is 10.3. The first-order valence-corrected chi connectivity index (χ1v) is 13.6. The maximum absolute atomic E-state index is 13.0. The van der Waals surface area contributed by atoms with Gasteiger partial charge in [0, 0.05) is 31.4 Å². The molecule has 0 saturated heterocycles. The molecule has 0 aliphatic heterocycles. The Kier molecular flexibility index (Phi) is 7.32. The quantitative estimate of drug-likeness (QED) is 0.314. The summed E-state index contributed by atoms with van der Waals surface area (Å²) in [4.78, 5) is 24.4. The van der Waals surface area contributed by atoms with Crippen molar-refractivity contribution in [2.24, 2.45) is 0 Å². The first-order chi connectivity index (χ1) is 17.4. The van der Waals surface area contributed by atoms with Gasteiger partial charge in [0.15, 0.2) is 10.9 Å². The van der Waals surface area contributed by atoms with Gasteiger partial charge in [0.2, 0.25) is 17.7 Å². The van der Waals surface area contributed by atoms with E-state index in [4.69, 9.17) is 4.74 Å². The largest absolute Gasteiger partial charge is 0.437 e. The highest BCUT2D eigenvalue weighted by atomic mass is 32.2. The van der Waals surface area contributed by atoms with Gasteiger partial charge < -0.3 is 15.4 Å². The van der Waals surface area contributed by atoms with Crippen LogP contribution in [0.3, 0.4) is 0 Å². The monoisotopic (exact) mass is 551 g/mol. The topological polar surface area (TPSA) is 123 Å². The number of nitrogens with one attached hydrogen (secondary N) is 2. The van der Waals surface area contributed by atoms with Gasteiger partial charge in [0.25, 0.3) is 0 Å². The van der Waals surface area contributed by atoms with Crippen LogP contribution in [0.4, 0.5) is 24.3 Å². The summed E-state index contributed by atoms with van der Waals surface area (Å²) in [6.07, 6.45) is -3.40. The number of fused-ring (bicyclic) bond motifs is 1. The number of para-hydroxylation sites is 1. The average Bonchev–Trinajstić information content (AvgIpc) is 3.20. The smallest absolute Gasteiger partial charge is 0.416 e. The van der Waals surface area contributed by atoms with Gasteiger partial charge >= 0.3 is 6.18 Å². The Balaban J connectivity index is 1.70. The van der Waals surface area contributed by atoms with E-state index in [2.05, 4.69) is 25.6 Å². The maximum Gasteiger partial charge on any atom is 0.416 e. The zero-order chi connectivity index (χ0) is 26.8. The van der Waals surface area contributed by atoms with Crippen LogP contribution in [-0.4, -0.2) is 47.8 Å². The van der Waals surface area contributed by atoms with Crippen LogP contribution in [0.1, 0.15) is 12.5 Å². The van der Waals surface area contributed by atoms with Gasteiger partial charge in [-0.25, -0.2) is 18.4 Å². The molecule has 0 unspecified atom stereocenters. The van der Waals surface area contributed by atoms with E-state index in [0.717, 1.165) is 23.1 Å². The molecule has 0 radical (unpaired) electrons. The second-order valence-electron chi connectivity index (χ2n) is 7.95. The number of sulfone groups is 1. The first-order valence-electron chi connectivity index (χ1n) is 10.7. The molecule has 0 bridgehead atoms. The van der Waals surface area contributed by atoms with Gasteiger partial charge in [-0.15, -0.1) is 0 Å². The van der Waals surface area contributed by atoms with Crippen LogP contribution in [0, 0.1) is 0 Å². The number of halogens is 3. The van der Waals surface area contributed by atoms with Crippen molar-refractivity contribution in [3.05, 3.63) is 54.1 Å². The fraction of sp³-hybridized carbons (Fsp3) is 0.217. The highest BCUT2D eigenvalue weighted by Crippen LogP contribution is 2.36. The van der Waals surface area contributed by atoms with Crippen molar-refractivity contribution in [3.63, 3.8) is 0 Å². The van der Waals surface area contributed by atoms with Crippen molar-refractivity contribution in [1.82, 2.24) is 15.0 Å². The van der Waals surface area contributed by atoms with Gasteiger partial charge in [0.05, 0.1) is 21.7 Å². The number of nitrogens with zero attached hydrogens (tertiary/aromatic N) is 3. The predicted octanol–water partition coefficient (Wildman–Crippen LogP) is 4.98. The number of hydrogen-bond donors (Lipinski definition) is 2. The van der Waals surface area contributed by atoms with E-state index in [1.807, 2.05) is 0 Å². The van der Waals surface area contributed by atoms with Crippen LogP contribution in [0.15, 0.2) is 48.5 Å². The lowest BCUT2D eigenvalue weighted by molar-refractivity contribution is -0.137. The molecule has 2 aromatic heterocycles. The molecule has 0 saturated carbocycles. The fourth-order valence-corrected chi connectivity index (χ4v) is 4.61. The molecule has 194 valence electrons. The predicted molar refractivity (Wildman–Crippen MR) is 135 cm³/mol. The molecule has 0 spiro atoms. The fourth-order valence-electron chi connectivity index (χ4n) is 3.20. The number of alkyl halides is 3. The van der Waals surface area contributed by atoms with Crippen molar-refractivity contribution in [1.29, 1.82) is 0 Å². The number of thiazole rings is 1. The molecule has 37 heavy (non-hydrogen) atoms. The summed E-state index contributed by atoms with van der Waals surface area (Å²) in [5, 5.41) is 5.82. The Labute approximate surface area is 213 Å². The van der Waals surface area contributed by atoms with Crippen molar-refractivity contribution in [3.8, 4) is 22.9 Å². The van der Waals surface area contributed by atoms with Gasteiger partial charge in [-0.2, -0.15) is 18.2 Å². The minimum Gasteiger partial charge on any atom is -0.437 e. The second-order valence-corrected chi connectivity index (χ2v) is 11.2. The molecule has 0 fully saturated rings. The number of hydrogen-bond acceptors (Lipinski definition) is 9. The summed E-state index contributed by atoms with van der Waals surface area (Å²) >= 11 is 1.25. The van der Waals surface area contributed by atoms with Crippen LogP contribution >= 0.6 is 11.3 Å². The Morgan fingerprint density at radius 1 is 1.08 bits per heavy atom.